The van der Waals surface area contributed by atoms with Gasteiger partial charge in [-0.25, -0.2) is 0 Å². The summed E-state index contributed by atoms with van der Waals surface area (Å²) >= 11 is 0. The molecule has 3 nitrogen and oxygen atoms in total. The highest BCUT2D eigenvalue weighted by Gasteiger charge is 2.41. The third-order valence-electron chi connectivity index (χ3n) is 3.33. The van der Waals surface area contributed by atoms with E-state index < -0.39 is 6.10 Å². The van der Waals surface area contributed by atoms with Crippen LogP contribution in [0.5, 0.6) is 0 Å². The van der Waals surface area contributed by atoms with Gasteiger partial charge in [0.15, 0.2) is 0 Å². The zero-order chi connectivity index (χ0) is 12.3. The minimum Gasteiger partial charge on any atom is -0.393 e. The summed E-state index contributed by atoms with van der Waals surface area (Å²) in [6, 6.07) is 0. The number of aliphatic hydroxyl groups is 2. The van der Waals surface area contributed by atoms with E-state index >= 15 is 0 Å². The monoisotopic (exact) mass is 226 g/mol. The largest absolute Gasteiger partial charge is 0.393 e. The minimum absolute atomic E-state index is 0.00310. The molecule has 6 atom stereocenters. The Hall–Kier alpha value is -0.640. The van der Waals surface area contributed by atoms with Crippen LogP contribution in [0.1, 0.15) is 20.8 Å². The summed E-state index contributed by atoms with van der Waals surface area (Å²) in [4.78, 5) is 0. The molecule has 1 heterocycles. The second kappa shape index (κ2) is 5.62. The highest BCUT2D eigenvalue weighted by molar-refractivity contribution is 5.09. The van der Waals surface area contributed by atoms with Crippen molar-refractivity contribution < 1.29 is 14.9 Å². The van der Waals surface area contributed by atoms with Crippen LogP contribution in [0, 0.1) is 11.8 Å². The van der Waals surface area contributed by atoms with Gasteiger partial charge >= 0.3 is 0 Å². The summed E-state index contributed by atoms with van der Waals surface area (Å²) in [5.41, 5.74) is 0. The van der Waals surface area contributed by atoms with Crippen LogP contribution in [0.4, 0.5) is 0 Å². The quantitative estimate of drug-likeness (QED) is 0.533. The molecule has 1 aliphatic heterocycles. The van der Waals surface area contributed by atoms with Gasteiger partial charge in [0, 0.05) is 0 Å². The maximum Gasteiger partial charge on any atom is 0.118 e. The van der Waals surface area contributed by atoms with E-state index in [2.05, 4.69) is 13.5 Å². The molecule has 3 heteroatoms. The van der Waals surface area contributed by atoms with Crippen molar-refractivity contribution in [3.8, 4) is 0 Å². The molecule has 92 valence electrons. The summed E-state index contributed by atoms with van der Waals surface area (Å²) in [5, 5.41) is 18.8. The average Bonchev–Trinajstić information content (AvgIpc) is 3.02. The highest BCUT2D eigenvalue weighted by atomic mass is 16.6. The van der Waals surface area contributed by atoms with Crippen LogP contribution < -0.4 is 0 Å². The molecule has 1 saturated heterocycles. The summed E-state index contributed by atoms with van der Waals surface area (Å²) < 4.78 is 5.29. The number of hydrogen-bond acceptors (Lipinski definition) is 3. The van der Waals surface area contributed by atoms with Crippen LogP contribution in [-0.4, -0.2) is 34.6 Å². The summed E-state index contributed by atoms with van der Waals surface area (Å²) in [6.07, 6.45) is 4.45. The van der Waals surface area contributed by atoms with Crippen molar-refractivity contribution in [3.05, 3.63) is 24.8 Å². The van der Waals surface area contributed by atoms with Gasteiger partial charge in [-0.2, -0.15) is 0 Å². The van der Waals surface area contributed by atoms with Crippen LogP contribution in [0.3, 0.4) is 0 Å². The summed E-state index contributed by atoms with van der Waals surface area (Å²) in [6.45, 7) is 9.40. The van der Waals surface area contributed by atoms with Gasteiger partial charge in [-0.05, 0) is 18.8 Å². The topological polar surface area (TPSA) is 53.0 Å². The lowest BCUT2D eigenvalue weighted by atomic mass is 9.91. The fourth-order valence-corrected chi connectivity index (χ4v) is 1.60. The van der Waals surface area contributed by atoms with E-state index in [1.165, 1.54) is 6.08 Å². The molecule has 2 N–H and O–H groups in total. The molecule has 0 aromatic rings. The van der Waals surface area contributed by atoms with E-state index in [0.717, 1.165) is 0 Å². The number of rotatable bonds is 6. The maximum absolute atomic E-state index is 9.43. The van der Waals surface area contributed by atoms with Crippen molar-refractivity contribution in [3.63, 3.8) is 0 Å². The Labute approximate surface area is 97.4 Å². The average molecular weight is 226 g/mol. The Kier molecular flexibility index (Phi) is 4.71. The zero-order valence-corrected chi connectivity index (χ0v) is 10.2. The van der Waals surface area contributed by atoms with E-state index in [9.17, 15) is 10.2 Å². The number of allylic oxidation sites excluding steroid dienone is 1. The summed E-state index contributed by atoms with van der Waals surface area (Å²) in [7, 11) is 0. The van der Waals surface area contributed by atoms with Crippen LogP contribution in [0.15, 0.2) is 24.8 Å². The molecule has 1 fully saturated rings. The molecule has 0 spiro atoms. The molecular weight excluding hydrogens is 204 g/mol. The first-order valence-corrected chi connectivity index (χ1v) is 5.79. The standard InChI is InChI=1S/C13H22O3/c1-5-11(15)13-12(16-13)7-6-8(2)9(3)10(4)14/h5-15H,1H2,2-4H3/b7-6+/t8?,9-,10-,11-,12+,13+/m1/s1. The van der Waals surface area contributed by atoms with Gasteiger partial charge in [0.25, 0.3) is 0 Å². The molecule has 0 amide bonds. The summed E-state index contributed by atoms with van der Waals surface area (Å²) in [5.74, 6) is 0.517. The first-order valence-electron chi connectivity index (χ1n) is 5.79. The molecule has 1 unspecified atom stereocenters. The molecule has 16 heavy (non-hydrogen) atoms. The van der Waals surface area contributed by atoms with Gasteiger partial charge in [-0.15, -0.1) is 6.58 Å². The highest BCUT2D eigenvalue weighted by Crippen LogP contribution is 2.28. The van der Waals surface area contributed by atoms with Crippen LogP contribution in [-0.2, 0) is 4.74 Å². The Morgan fingerprint density at radius 3 is 2.38 bits per heavy atom. The molecule has 0 aliphatic carbocycles. The zero-order valence-electron chi connectivity index (χ0n) is 10.2. The van der Waals surface area contributed by atoms with Gasteiger partial charge in [-0.1, -0.05) is 32.1 Å². The SMILES string of the molecule is C=C[C@@H](O)[C@@H]1O[C@H]1/C=C/C(C)[C@@H](C)[C@@H](C)O. The lowest BCUT2D eigenvalue weighted by Crippen LogP contribution is -2.19. The van der Waals surface area contributed by atoms with E-state index in [1.807, 2.05) is 19.1 Å². The third kappa shape index (κ3) is 3.44. The number of epoxide rings is 1. The number of ether oxygens (including phenoxy) is 1. The Bertz CT molecular complexity index is 260. The van der Waals surface area contributed by atoms with Gasteiger partial charge in [0.05, 0.1) is 6.10 Å². The van der Waals surface area contributed by atoms with Gasteiger partial charge in [0.2, 0.25) is 0 Å². The van der Waals surface area contributed by atoms with Crippen molar-refractivity contribution in [2.45, 2.75) is 45.2 Å². The van der Waals surface area contributed by atoms with E-state index in [-0.39, 0.29) is 24.2 Å². The first kappa shape index (κ1) is 13.4. The lowest BCUT2D eigenvalue weighted by molar-refractivity contribution is 0.116. The third-order valence-corrected chi connectivity index (χ3v) is 3.33. The Balaban J connectivity index is 2.36. The second-order valence-electron chi connectivity index (χ2n) is 4.64. The van der Waals surface area contributed by atoms with Crippen LogP contribution in [0.25, 0.3) is 0 Å². The fourth-order valence-electron chi connectivity index (χ4n) is 1.60. The van der Waals surface area contributed by atoms with Crippen molar-refractivity contribution in [1.82, 2.24) is 0 Å². The Morgan fingerprint density at radius 1 is 1.25 bits per heavy atom. The first-order chi connectivity index (χ1) is 7.47. The van der Waals surface area contributed by atoms with Gasteiger partial charge in [0.1, 0.15) is 18.3 Å². The predicted octanol–water partition coefficient (Wildman–Crippen LogP) is 1.51. The predicted molar refractivity (Wildman–Crippen MR) is 64.0 cm³/mol. The van der Waals surface area contributed by atoms with Crippen molar-refractivity contribution in [2.75, 3.05) is 0 Å². The number of hydrogen-bond donors (Lipinski definition) is 2. The lowest BCUT2D eigenvalue weighted by Gasteiger charge is -2.19. The normalized spacial score (nSPS) is 32.1. The molecule has 1 rings (SSSR count). The molecule has 0 saturated carbocycles. The minimum atomic E-state index is -0.584. The van der Waals surface area contributed by atoms with Crippen molar-refractivity contribution in [2.24, 2.45) is 11.8 Å². The van der Waals surface area contributed by atoms with Gasteiger partial charge in [-0.3, -0.25) is 0 Å². The van der Waals surface area contributed by atoms with Crippen molar-refractivity contribution >= 4 is 0 Å². The van der Waals surface area contributed by atoms with E-state index in [4.69, 9.17) is 4.74 Å². The molecule has 0 radical (unpaired) electrons. The van der Waals surface area contributed by atoms with Crippen LogP contribution in [0.2, 0.25) is 0 Å². The smallest absolute Gasteiger partial charge is 0.118 e. The molecule has 0 aromatic heterocycles. The van der Waals surface area contributed by atoms with Crippen molar-refractivity contribution in [1.29, 1.82) is 0 Å². The Morgan fingerprint density at radius 2 is 1.88 bits per heavy atom. The molecule has 0 bridgehead atoms. The fraction of sp³-hybridized carbons (Fsp3) is 0.692. The molecule has 0 aromatic carbocycles. The van der Waals surface area contributed by atoms with E-state index in [0.29, 0.717) is 5.92 Å². The van der Waals surface area contributed by atoms with E-state index in [1.54, 1.807) is 6.92 Å². The van der Waals surface area contributed by atoms with Crippen LogP contribution >= 0.6 is 0 Å². The second-order valence-corrected chi connectivity index (χ2v) is 4.64. The number of aliphatic hydroxyl groups excluding tert-OH is 2. The molecular formula is C13H22O3. The maximum atomic E-state index is 9.43. The van der Waals surface area contributed by atoms with Gasteiger partial charge < -0.3 is 14.9 Å². The molecule has 1 aliphatic rings.